The molecule has 0 fully saturated rings. The minimum Gasteiger partial charge on any atom is -0.397 e. The Labute approximate surface area is 122 Å². The molecule has 0 bridgehead atoms. The van der Waals surface area contributed by atoms with Gasteiger partial charge in [-0.2, -0.15) is 5.10 Å². The van der Waals surface area contributed by atoms with Crippen LogP contribution in [0.25, 0.3) is 0 Å². The number of nitrogens with two attached hydrogens (primary N) is 1. The predicted octanol–water partition coefficient (Wildman–Crippen LogP) is 3.40. The molecule has 0 atom stereocenters. The highest BCUT2D eigenvalue weighted by atomic mass is 19.1. The van der Waals surface area contributed by atoms with Crippen LogP contribution in [0.15, 0.2) is 60.9 Å². The summed E-state index contributed by atoms with van der Waals surface area (Å²) in [4.78, 5) is 0. The number of hydrogen-bond acceptors (Lipinski definition) is 3. The summed E-state index contributed by atoms with van der Waals surface area (Å²) in [5.74, 6) is -0.384. The van der Waals surface area contributed by atoms with E-state index < -0.39 is 0 Å². The lowest BCUT2D eigenvalue weighted by Gasteiger charge is -2.07. The monoisotopic (exact) mass is 282 g/mol. The molecule has 0 amide bonds. The number of anilines is 3. The quantitative estimate of drug-likeness (QED) is 0.721. The molecule has 5 heteroatoms. The molecule has 4 nitrogen and oxygen atoms in total. The third-order valence-corrected chi connectivity index (χ3v) is 3.14. The second-order valence-corrected chi connectivity index (χ2v) is 4.74. The highest BCUT2D eigenvalue weighted by molar-refractivity contribution is 5.72. The third kappa shape index (κ3) is 3.02. The van der Waals surface area contributed by atoms with E-state index in [0.29, 0.717) is 17.9 Å². The van der Waals surface area contributed by atoms with Crippen molar-refractivity contribution in [2.75, 3.05) is 11.1 Å². The molecule has 0 aliphatic rings. The van der Waals surface area contributed by atoms with E-state index in [4.69, 9.17) is 5.73 Å². The number of aromatic nitrogens is 2. The highest BCUT2D eigenvalue weighted by Crippen LogP contribution is 2.25. The highest BCUT2D eigenvalue weighted by Gasteiger charge is 2.07. The van der Waals surface area contributed by atoms with E-state index in [1.54, 1.807) is 23.0 Å². The Hall–Kier alpha value is -2.82. The third-order valence-electron chi connectivity index (χ3n) is 3.14. The molecule has 1 heterocycles. The Morgan fingerprint density at radius 1 is 1.10 bits per heavy atom. The predicted molar refractivity (Wildman–Crippen MR) is 81.9 cm³/mol. The van der Waals surface area contributed by atoms with Crippen LogP contribution in [0.2, 0.25) is 0 Å². The standard InChI is InChI=1S/C16H15FN4/c17-14-7-4-8-15(18)16(14)20-13-9-19-21(11-13)10-12-5-2-1-3-6-12/h1-9,11,20H,10,18H2. The van der Waals surface area contributed by atoms with Crippen molar-refractivity contribution in [3.05, 3.63) is 72.3 Å². The number of halogens is 1. The van der Waals surface area contributed by atoms with Gasteiger partial charge in [-0.3, -0.25) is 4.68 Å². The van der Waals surface area contributed by atoms with E-state index in [-0.39, 0.29) is 11.5 Å². The van der Waals surface area contributed by atoms with Crippen LogP contribution < -0.4 is 11.1 Å². The summed E-state index contributed by atoms with van der Waals surface area (Å²) < 4.78 is 15.5. The summed E-state index contributed by atoms with van der Waals surface area (Å²) in [5.41, 5.74) is 8.26. The van der Waals surface area contributed by atoms with Crippen LogP contribution in [0.4, 0.5) is 21.5 Å². The maximum absolute atomic E-state index is 13.7. The lowest BCUT2D eigenvalue weighted by Crippen LogP contribution is -2.00. The first-order chi connectivity index (χ1) is 10.2. The summed E-state index contributed by atoms with van der Waals surface area (Å²) in [5, 5.41) is 7.22. The molecular weight excluding hydrogens is 267 g/mol. The second-order valence-electron chi connectivity index (χ2n) is 4.74. The Morgan fingerprint density at radius 3 is 2.67 bits per heavy atom. The zero-order valence-corrected chi connectivity index (χ0v) is 11.3. The first-order valence-corrected chi connectivity index (χ1v) is 6.60. The van der Waals surface area contributed by atoms with E-state index in [9.17, 15) is 4.39 Å². The minimum absolute atomic E-state index is 0.275. The van der Waals surface area contributed by atoms with Crippen LogP contribution in [0.5, 0.6) is 0 Å². The van der Waals surface area contributed by atoms with Crippen LogP contribution in [0, 0.1) is 5.82 Å². The largest absolute Gasteiger partial charge is 0.397 e. The van der Waals surface area contributed by atoms with Crippen LogP contribution >= 0.6 is 0 Å². The molecule has 0 aliphatic heterocycles. The Bertz CT molecular complexity index is 717. The smallest absolute Gasteiger partial charge is 0.148 e. The molecule has 3 aromatic rings. The molecule has 3 N–H and O–H groups in total. The Morgan fingerprint density at radius 2 is 1.90 bits per heavy atom. The lowest BCUT2D eigenvalue weighted by molar-refractivity contribution is 0.632. The molecule has 1 aromatic heterocycles. The lowest BCUT2D eigenvalue weighted by atomic mass is 10.2. The van der Waals surface area contributed by atoms with E-state index in [1.165, 1.54) is 6.07 Å². The number of benzene rings is 2. The van der Waals surface area contributed by atoms with Gasteiger partial charge < -0.3 is 11.1 Å². The van der Waals surface area contributed by atoms with Crippen molar-refractivity contribution >= 4 is 17.1 Å². The van der Waals surface area contributed by atoms with Crippen LogP contribution in [-0.4, -0.2) is 9.78 Å². The van der Waals surface area contributed by atoms with Gasteiger partial charge in [0.1, 0.15) is 5.82 Å². The molecule has 0 saturated carbocycles. The zero-order valence-electron chi connectivity index (χ0n) is 11.3. The fourth-order valence-corrected chi connectivity index (χ4v) is 2.10. The van der Waals surface area contributed by atoms with Crippen molar-refractivity contribution < 1.29 is 4.39 Å². The van der Waals surface area contributed by atoms with E-state index in [1.807, 2.05) is 36.5 Å². The number of nitrogens with zero attached hydrogens (tertiary/aromatic N) is 2. The number of hydrogen-bond donors (Lipinski definition) is 2. The molecule has 2 aromatic carbocycles. The van der Waals surface area contributed by atoms with Gasteiger partial charge in [0.2, 0.25) is 0 Å². The number of rotatable bonds is 4. The van der Waals surface area contributed by atoms with Gasteiger partial charge in [-0.05, 0) is 17.7 Å². The van der Waals surface area contributed by atoms with Crippen molar-refractivity contribution in [3.63, 3.8) is 0 Å². The van der Waals surface area contributed by atoms with Gasteiger partial charge in [0.15, 0.2) is 0 Å². The van der Waals surface area contributed by atoms with Gasteiger partial charge in [-0.15, -0.1) is 0 Å². The molecule has 0 radical (unpaired) electrons. The van der Waals surface area contributed by atoms with Crippen LogP contribution in [0.3, 0.4) is 0 Å². The average Bonchev–Trinajstić information content (AvgIpc) is 2.91. The molecule has 0 saturated heterocycles. The number of nitrogens with one attached hydrogen (secondary N) is 1. The van der Waals surface area contributed by atoms with Gasteiger partial charge in [0.25, 0.3) is 0 Å². The van der Waals surface area contributed by atoms with Gasteiger partial charge in [-0.1, -0.05) is 36.4 Å². The van der Waals surface area contributed by atoms with E-state index in [2.05, 4.69) is 10.4 Å². The molecule has 21 heavy (non-hydrogen) atoms. The molecule has 3 rings (SSSR count). The number of nitrogen functional groups attached to an aromatic ring is 1. The summed E-state index contributed by atoms with van der Waals surface area (Å²) in [6.45, 7) is 0.662. The van der Waals surface area contributed by atoms with Gasteiger partial charge in [-0.25, -0.2) is 4.39 Å². The maximum Gasteiger partial charge on any atom is 0.148 e. The van der Waals surface area contributed by atoms with Gasteiger partial charge in [0, 0.05) is 6.20 Å². The maximum atomic E-state index is 13.7. The summed E-state index contributed by atoms with van der Waals surface area (Å²) >= 11 is 0. The van der Waals surface area contributed by atoms with Crippen LogP contribution in [-0.2, 0) is 6.54 Å². The van der Waals surface area contributed by atoms with Crippen molar-refractivity contribution in [1.29, 1.82) is 0 Å². The SMILES string of the molecule is Nc1cccc(F)c1Nc1cnn(Cc2ccccc2)c1. The summed E-state index contributed by atoms with van der Waals surface area (Å²) in [6, 6.07) is 14.6. The van der Waals surface area contributed by atoms with Crippen molar-refractivity contribution in [2.45, 2.75) is 6.54 Å². The second kappa shape index (κ2) is 5.66. The Balaban J connectivity index is 1.76. The van der Waals surface area contributed by atoms with E-state index >= 15 is 0 Å². The van der Waals surface area contributed by atoms with Crippen LogP contribution in [0.1, 0.15) is 5.56 Å². The molecule has 106 valence electrons. The zero-order chi connectivity index (χ0) is 14.7. The first kappa shape index (κ1) is 13.2. The average molecular weight is 282 g/mol. The van der Waals surface area contributed by atoms with Crippen molar-refractivity contribution in [3.8, 4) is 0 Å². The molecular formula is C16H15FN4. The molecule has 0 aliphatic carbocycles. The van der Waals surface area contributed by atoms with Gasteiger partial charge >= 0.3 is 0 Å². The molecule has 0 spiro atoms. The summed E-state index contributed by atoms with van der Waals surface area (Å²) in [7, 11) is 0. The normalized spacial score (nSPS) is 10.5. The number of para-hydroxylation sites is 1. The Kier molecular flexibility index (Phi) is 3.55. The first-order valence-electron chi connectivity index (χ1n) is 6.60. The minimum atomic E-state index is -0.384. The van der Waals surface area contributed by atoms with Crippen molar-refractivity contribution in [2.24, 2.45) is 0 Å². The topological polar surface area (TPSA) is 55.9 Å². The fourth-order valence-electron chi connectivity index (χ4n) is 2.10. The van der Waals surface area contributed by atoms with E-state index in [0.717, 1.165) is 5.56 Å². The summed E-state index contributed by atoms with van der Waals surface area (Å²) in [6.07, 6.45) is 3.47. The molecule has 0 unspecified atom stereocenters. The van der Waals surface area contributed by atoms with Gasteiger partial charge in [0.05, 0.1) is 29.8 Å². The van der Waals surface area contributed by atoms with Crippen molar-refractivity contribution in [1.82, 2.24) is 9.78 Å². The fraction of sp³-hybridized carbons (Fsp3) is 0.0625.